The monoisotopic (exact) mass is 1610 g/mol. The predicted octanol–water partition coefficient (Wildman–Crippen LogP) is -4.19. The van der Waals surface area contributed by atoms with Crippen LogP contribution in [-0.2, 0) is 125 Å². The number of nitrogens with zero attached hydrogens (tertiary/aromatic N) is 2. The lowest BCUT2D eigenvalue weighted by molar-refractivity contribution is -0.144. The summed E-state index contributed by atoms with van der Waals surface area (Å²) < 4.78 is 112. The standard InChI is InChI=1S/C62H100N10O31S4/c63-106(88,89)48-5-1-46(2-6-48)66-55(76)42-71(11-12-72(44-59(82)83)43-56(77)67-47-3-7-49(8-4-47)107(64,90)91)41-54(75)65-10-15-93-17-19-95-21-23-97-25-27-99-29-31-101-33-35-103-37-36-102-34-32-100-30-28-98-26-24-96-22-20-94-18-16-92-14-9-53(74)68-50(39-57(78)79)60(84)69-51(40-58(80)81)61(85)70-52(62(86)87)45-105-104-38-13-73/h1-8,50-52,73H,9-45H2,(H,65,75)(H,66,76)(H,67,77)(H,68,74)(H,69,84)(H,70,85)(H,78,79)(H,80,81)(H,82,83)(H,86,87)(H2,63,88,89)(H2,64,90,91)/t50-,51-,52-/m0/s1. The van der Waals surface area contributed by atoms with E-state index in [-0.39, 0.29) is 131 Å². The van der Waals surface area contributed by atoms with Crippen molar-refractivity contribution in [1.29, 1.82) is 0 Å². The molecule has 6 amide bonds. The van der Waals surface area contributed by atoms with Crippen LogP contribution in [0.15, 0.2) is 58.3 Å². The molecule has 0 heterocycles. The van der Waals surface area contributed by atoms with E-state index >= 15 is 0 Å². The third-order valence-electron chi connectivity index (χ3n) is 13.4. The number of sulfonamides is 2. The first-order chi connectivity index (χ1) is 51.2. The number of nitrogens with two attached hydrogens (primary N) is 2. The highest BCUT2D eigenvalue weighted by molar-refractivity contribution is 8.76. The fourth-order valence-corrected chi connectivity index (χ4v) is 11.3. The summed E-state index contributed by atoms with van der Waals surface area (Å²) in [6, 6.07) is 5.01. The number of anilines is 2. The maximum Gasteiger partial charge on any atom is 0.327 e. The summed E-state index contributed by atoms with van der Waals surface area (Å²) in [5.74, 6) is -10.5. The van der Waals surface area contributed by atoms with E-state index in [1.165, 1.54) is 58.3 Å². The van der Waals surface area contributed by atoms with Gasteiger partial charge in [0.25, 0.3) is 0 Å². The number of nitrogens with one attached hydrogen (secondary N) is 6. The van der Waals surface area contributed by atoms with Crippen molar-refractivity contribution in [1.82, 2.24) is 31.1 Å². The lowest BCUT2D eigenvalue weighted by Gasteiger charge is -2.26. The lowest BCUT2D eigenvalue weighted by atomic mass is 10.1. The summed E-state index contributed by atoms with van der Waals surface area (Å²) in [4.78, 5) is 126. The number of carboxylic acids is 4. The van der Waals surface area contributed by atoms with Crippen LogP contribution in [0.5, 0.6) is 0 Å². The number of hydrogen-bond acceptors (Lipinski definition) is 31. The number of carbonyl (C=O) groups excluding carboxylic acids is 6. The van der Waals surface area contributed by atoms with Crippen LogP contribution in [-0.4, -0.2) is 352 Å². The predicted molar refractivity (Wildman–Crippen MR) is 381 cm³/mol. The van der Waals surface area contributed by atoms with Crippen molar-refractivity contribution in [3.05, 3.63) is 48.5 Å². The number of benzene rings is 2. The maximum atomic E-state index is 13.1. The highest BCUT2D eigenvalue weighted by Gasteiger charge is 2.32. The summed E-state index contributed by atoms with van der Waals surface area (Å²) >= 11 is 0. The van der Waals surface area contributed by atoms with Crippen LogP contribution < -0.4 is 42.2 Å². The molecule has 15 N–H and O–H groups in total. The van der Waals surface area contributed by atoms with Gasteiger partial charge in [0, 0.05) is 48.9 Å². The Morgan fingerprint density at radius 2 is 0.710 bits per heavy atom. The highest BCUT2D eigenvalue weighted by atomic mass is 33.1. The number of ether oxygens (including phenoxy) is 12. The zero-order chi connectivity index (χ0) is 78.9. The van der Waals surface area contributed by atoms with Crippen molar-refractivity contribution in [3.8, 4) is 0 Å². The molecule has 0 radical (unpaired) electrons. The molecule has 2 aromatic carbocycles. The molecule has 608 valence electrons. The molecule has 0 unspecified atom stereocenters. The van der Waals surface area contributed by atoms with Gasteiger partial charge in [-0.2, -0.15) is 0 Å². The van der Waals surface area contributed by atoms with E-state index in [0.29, 0.717) is 106 Å². The Balaban J connectivity index is 1.43. The van der Waals surface area contributed by atoms with Crippen LogP contribution in [0.25, 0.3) is 0 Å². The first kappa shape index (κ1) is 96.1. The summed E-state index contributed by atoms with van der Waals surface area (Å²) in [6.07, 6.45) is -2.20. The zero-order valence-electron chi connectivity index (χ0n) is 59.0. The molecular weight excluding hydrogens is 1510 g/mol. The number of aliphatic carboxylic acids is 4. The summed E-state index contributed by atoms with van der Waals surface area (Å²) in [5, 5.41) is 71.1. The van der Waals surface area contributed by atoms with Crippen molar-refractivity contribution in [3.63, 3.8) is 0 Å². The number of rotatable bonds is 69. The Morgan fingerprint density at radius 1 is 0.393 bits per heavy atom. The molecule has 0 aliphatic rings. The third-order valence-corrected chi connectivity index (χ3v) is 17.7. The molecule has 0 aliphatic heterocycles. The van der Waals surface area contributed by atoms with E-state index in [9.17, 15) is 85.2 Å². The second-order valence-electron chi connectivity index (χ2n) is 22.1. The van der Waals surface area contributed by atoms with Gasteiger partial charge in [-0.3, -0.25) is 53.0 Å². The fourth-order valence-electron chi connectivity index (χ4n) is 8.34. The molecule has 2 aromatic rings. The molecule has 3 atom stereocenters. The number of aliphatic hydroxyl groups excluding tert-OH is 1. The van der Waals surface area contributed by atoms with Gasteiger partial charge < -0.3 is 114 Å². The van der Waals surface area contributed by atoms with Gasteiger partial charge in [-0.25, -0.2) is 31.9 Å². The van der Waals surface area contributed by atoms with Crippen molar-refractivity contribution in [2.45, 2.75) is 47.2 Å². The fraction of sp³-hybridized carbons (Fsp3) is 0.645. The van der Waals surface area contributed by atoms with Gasteiger partial charge in [-0.1, -0.05) is 21.6 Å². The Labute approximate surface area is 626 Å². The third kappa shape index (κ3) is 51.9. The summed E-state index contributed by atoms with van der Waals surface area (Å²) in [5.41, 5.74) is 0.444. The smallest absolute Gasteiger partial charge is 0.327 e. The first-order valence-electron chi connectivity index (χ1n) is 33.3. The molecule has 0 aliphatic carbocycles. The van der Waals surface area contributed by atoms with Gasteiger partial charge in [0.2, 0.25) is 55.5 Å². The minimum absolute atomic E-state index is 0.0703. The van der Waals surface area contributed by atoms with Gasteiger partial charge in [-0.15, -0.1) is 0 Å². The molecule has 0 bridgehead atoms. The van der Waals surface area contributed by atoms with E-state index in [0.717, 1.165) is 21.6 Å². The average molecular weight is 1610 g/mol. The van der Waals surface area contributed by atoms with E-state index in [4.69, 9.17) is 72.2 Å². The molecule has 0 spiro atoms. The van der Waals surface area contributed by atoms with Gasteiger partial charge in [0.05, 0.1) is 214 Å². The van der Waals surface area contributed by atoms with Crippen molar-refractivity contribution < 1.29 is 147 Å². The molecule has 2 rings (SSSR count). The lowest BCUT2D eigenvalue weighted by Crippen LogP contribution is -2.57. The molecule has 41 nitrogen and oxygen atoms in total. The number of primary sulfonamides is 2. The summed E-state index contributed by atoms with van der Waals surface area (Å²) in [7, 11) is -5.81. The average Bonchev–Trinajstić information content (AvgIpc) is 0.862. The van der Waals surface area contributed by atoms with Crippen molar-refractivity contribution in [2.75, 3.05) is 233 Å². The number of carboxylic acid groups (broad SMARTS) is 4. The molecular formula is C62H100N10O31S4. The number of aliphatic hydroxyl groups is 1. The second-order valence-corrected chi connectivity index (χ2v) is 27.9. The van der Waals surface area contributed by atoms with E-state index in [1.807, 2.05) is 0 Å². The Hall–Kier alpha value is -6.94. The van der Waals surface area contributed by atoms with Crippen molar-refractivity contribution in [2.24, 2.45) is 10.3 Å². The molecule has 0 saturated heterocycles. The van der Waals surface area contributed by atoms with Crippen LogP contribution in [0.1, 0.15) is 19.3 Å². The van der Waals surface area contributed by atoms with Gasteiger partial charge in [0.1, 0.15) is 18.1 Å². The quantitative estimate of drug-likeness (QED) is 0.0221. The number of amides is 6. The van der Waals surface area contributed by atoms with E-state index < -0.39 is 123 Å². The molecule has 107 heavy (non-hydrogen) atoms. The molecule has 0 fully saturated rings. The summed E-state index contributed by atoms with van der Waals surface area (Å²) in [6.45, 7) is 4.85. The van der Waals surface area contributed by atoms with Gasteiger partial charge >= 0.3 is 23.9 Å². The maximum absolute atomic E-state index is 13.1. The second kappa shape index (κ2) is 59.0. The van der Waals surface area contributed by atoms with Crippen LogP contribution in [0, 0.1) is 0 Å². The van der Waals surface area contributed by atoms with Gasteiger partial charge in [-0.05, 0) is 48.5 Å². The topological polar surface area (TPSA) is 582 Å². The number of hydrogen-bond donors (Lipinski definition) is 13. The Morgan fingerprint density at radius 3 is 1.04 bits per heavy atom. The number of carbonyl (C=O) groups is 10. The van der Waals surface area contributed by atoms with Crippen LogP contribution in [0.4, 0.5) is 11.4 Å². The van der Waals surface area contributed by atoms with Crippen molar-refractivity contribution >= 4 is 112 Å². The molecule has 0 saturated carbocycles. The SMILES string of the molecule is NS(=O)(=O)c1ccc(NC(=O)CN(CCN(CC(=O)NCCOCCOCCOCCOCCOCCOCCOCCOCCOCCOCCOCCOCCC(=O)N[C@@H](CC(=O)O)C(=O)N[C@@H](CC(=O)O)C(=O)N[C@@H](CSSCCO)C(=O)O)CC(=O)Nc2ccc(S(N)(=O)=O)cc2)CC(=O)O)cc1. The largest absolute Gasteiger partial charge is 0.481 e. The Bertz CT molecular complexity index is 3160. The minimum Gasteiger partial charge on any atom is -0.481 e. The first-order valence-corrected chi connectivity index (χ1v) is 38.9. The molecule has 45 heteroatoms. The van der Waals surface area contributed by atoms with Crippen LogP contribution in [0.3, 0.4) is 0 Å². The van der Waals surface area contributed by atoms with Crippen LogP contribution >= 0.6 is 21.6 Å². The normalized spacial score (nSPS) is 12.5. The highest BCUT2D eigenvalue weighted by Crippen LogP contribution is 2.22. The van der Waals surface area contributed by atoms with E-state index in [1.54, 1.807) is 0 Å². The Kier molecular flexibility index (Phi) is 53.0. The minimum atomic E-state index is -3.99. The van der Waals surface area contributed by atoms with Crippen LogP contribution in [0.2, 0.25) is 0 Å². The van der Waals surface area contributed by atoms with Gasteiger partial charge in [0.15, 0.2) is 0 Å². The molecule has 0 aromatic heterocycles. The van der Waals surface area contributed by atoms with E-state index in [2.05, 4.69) is 31.9 Å². The zero-order valence-corrected chi connectivity index (χ0v) is 62.3.